The zero-order chi connectivity index (χ0) is 18.9. The van der Waals surface area contributed by atoms with Gasteiger partial charge in [0.15, 0.2) is 11.5 Å². The van der Waals surface area contributed by atoms with Crippen molar-refractivity contribution in [3.05, 3.63) is 70.1 Å². The summed E-state index contributed by atoms with van der Waals surface area (Å²) in [6, 6.07) is 10.1. The molecule has 3 aromatic rings. The molecule has 0 amide bonds. The first-order chi connectivity index (χ1) is 12.4. The number of benzene rings is 1. The van der Waals surface area contributed by atoms with Crippen LogP contribution in [0.5, 0.6) is 0 Å². The van der Waals surface area contributed by atoms with Crippen molar-refractivity contribution >= 4 is 15.4 Å². The van der Waals surface area contributed by atoms with Crippen molar-refractivity contribution in [1.82, 2.24) is 14.8 Å². The molecule has 0 unspecified atom stereocenters. The van der Waals surface area contributed by atoms with E-state index in [4.69, 9.17) is 6.57 Å². The molecular formula is C18H17N5O2S. The number of nitrogens with zero attached hydrogens (tertiary/aromatic N) is 4. The third-order valence-corrected chi connectivity index (χ3v) is 5.91. The van der Waals surface area contributed by atoms with E-state index in [2.05, 4.69) is 19.3 Å². The van der Waals surface area contributed by atoms with Gasteiger partial charge in [-0.3, -0.25) is 9.89 Å². The fourth-order valence-electron chi connectivity index (χ4n) is 2.58. The monoisotopic (exact) mass is 367 g/mol. The van der Waals surface area contributed by atoms with Gasteiger partial charge >= 0.3 is 0 Å². The zero-order valence-electron chi connectivity index (χ0n) is 14.6. The maximum Gasteiger partial charge on any atom is 0.280 e. The Balaban J connectivity index is 2.07. The smallest absolute Gasteiger partial charge is 0.280 e. The van der Waals surface area contributed by atoms with Crippen LogP contribution in [-0.4, -0.2) is 32.3 Å². The number of rotatable bonds is 3. The van der Waals surface area contributed by atoms with Crippen LogP contribution in [0.15, 0.2) is 56.6 Å². The predicted molar refractivity (Wildman–Crippen MR) is 101 cm³/mol. The minimum absolute atomic E-state index is 0.240. The van der Waals surface area contributed by atoms with E-state index in [-0.39, 0.29) is 5.56 Å². The van der Waals surface area contributed by atoms with Crippen LogP contribution in [0.1, 0.15) is 5.69 Å². The van der Waals surface area contributed by atoms with Gasteiger partial charge in [-0.1, -0.05) is 24.3 Å². The fraction of sp³-hybridized carbons (Fsp3) is 0.167. The molecule has 1 aromatic carbocycles. The molecule has 26 heavy (non-hydrogen) atoms. The van der Waals surface area contributed by atoms with Gasteiger partial charge in [0, 0.05) is 25.2 Å². The summed E-state index contributed by atoms with van der Waals surface area (Å²) in [6.45, 7) is 8.82. The summed E-state index contributed by atoms with van der Waals surface area (Å²) in [4.78, 5) is 21.0. The average Bonchev–Trinajstić information content (AvgIpc) is 2.96. The highest BCUT2D eigenvalue weighted by Crippen LogP contribution is 2.23. The van der Waals surface area contributed by atoms with Crippen LogP contribution in [0.4, 0.5) is 5.69 Å². The zero-order valence-corrected chi connectivity index (χ0v) is 15.4. The van der Waals surface area contributed by atoms with E-state index < -0.39 is 9.73 Å². The molecule has 1 N–H and O–H groups in total. The number of aromatic amines is 1. The second-order valence-electron chi connectivity index (χ2n) is 5.75. The van der Waals surface area contributed by atoms with Gasteiger partial charge in [0.25, 0.3) is 5.56 Å². The lowest BCUT2D eigenvalue weighted by atomic mass is 10.1. The number of aryl methyl sites for hydroxylation is 1. The summed E-state index contributed by atoms with van der Waals surface area (Å²) >= 11 is 0. The first-order valence-corrected chi connectivity index (χ1v) is 9.66. The van der Waals surface area contributed by atoms with Gasteiger partial charge in [0.2, 0.25) is 0 Å². The van der Waals surface area contributed by atoms with E-state index in [9.17, 15) is 9.00 Å². The third-order valence-electron chi connectivity index (χ3n) is 4.09. The minimum atomic E-state index is -2.47. The summed E-state index contributed by atoms with van der Waals surface area (Å²) in [5.74, 6) is 0.400. The number of pyridine rings is 1. The van der Waals surface area contributed by atoms with Crippen molar-refractivity contribution in [1.29, 1.82) is 0 Å². The highest BCUT2D eigenvalue weighted by Gasteiger charge is 2.15. The van der Waals surface area contributed by atoms with Gasteiger partial charge in [-0.15, -0.1) is 0 Å². The Morgan fingerprint density at radius 2 is 1.92 bits per heavy atom. The van der Waals surface area contributed by atoms with E-state index in [0.29, 0.717) is 27.7 Å². The van der Waals surface area contributed by atoms with Crippen molar-refractivity contribution in [2.75, 3.05) is 13.3 Å². The first kappa shape index (κ1) is 17.6. The lowest BCUT2D eigenvalue weighted by molar-refractivity contribution is 0.679. The van der Waals surface area contributed by atoms with Gasteiger partial charge in [0.05, 0.1) is 26.8 Å². The highest BCUT2D eigenvalue weighted by atomic mass is 32.2. The maximum atomic E-state index is 12.8. The van der Waals surface area contributed by atoms with Crippen LogP contribution in [0.25, 0.3) is 21.8 Å². The Hall–Kier alpha value is -3.18. The molecule has 0 aliphatic heterocycles. The quantitative estimate of drug-likeness (QED) is 0.722. The summed E-state index contributed by atoms with van der Waals surface area (Å²) < 4.78 is 17.5. The lowest BCUT2D eigenvalue weighted by Gasteiger charge is -2.04. The van der Waals surface area contributed by atoms with Crippen molar-refractivity contribution in [2.24, 2.45) is 4.36 Å². The van der Waals surface area contributed by atoms with Gasteiger partial charge in [-0.05, 0) is 24.6 Å². The van der Waals surface area contributed by atoms with Gasteiger partial charge in [-0.2, -0.15) is 0 Å². The number of hydrogen-bond donors (Lipinski definition) is 1. The van der Waals surface area contributed by atoms with Crippen LogP contribution in [0.2, 0.25) is 0 Å². The van der Waals surface area contributed by atoms with Gasteiger partial charge in [0.1, 0.15) is 0 Å². The second-order valence-corrected chi connectivity index (χ2v) is 8.19. The first-order valence-electron chi connectivity index (χ1n) is 7.73. The molecular weight excluding hydrogens is 350 g/mol. The summed E-state index contributed by atoms with van der Waals surface area (Å²) in [7, 11) is -0.969. The molecule has 0 aliphatic rings. The third kappa shape index (κ3) is 3.05. The number of nitrogens with one attached hydrogen (secondary N) is 1. The predicted octanol–water partition coefficient (Wildman–Crippen LogP) is 3.17. The molecule has 2 aromatic heterocycles. The normalized spacial score (nSPS) is 13.0. The fourth-order valence-corrected chi connectivity index (χ4v) is 3.36. The minimum Gasteiger partial charge on any atom is -0.293 e. The molecule has 0 saturated carbocycles. The molecule has 132 valence electrons. The molecule has 1 atom stereocenters. The standard InChI is InChI=1S/C18H17N5O2S/c1-12-17(13-5-7-14(19-2)8-6-13)18(24)23(22-12)16-10-9-15(11-21-16)26(4,25)20-3/h5-11,22H,1,3-4H3/t26-/m0/s1. The Morgan fingerprint density at radius 3 is 2.46 bits per heavy atom. The van der Waals surface area contributed by atoms with Crippen molar-refractivity contribution < 1.29 is 4.21 Å². The van der Waals surface area contributed by atoms with E-state index >= 15 is 0 Å². The van der Waals surface area contributed by atoms with Crippen LogP contribution >= 0.6 is 0 Å². The molecule has 3 rings (SSSR count). The molecule has 0 radical (unpaired) electrons. The Labute approximate surface area is 151 Å². The van der Waals surface area contributed by atoms with Gasteiger partial charge < -0.3 is 0 Å². The summed E-state index contributed by atoms with van der Waals surface area (Å²) in [5.41, 5.74) is 2.22. The van der Waals surface area contributed by atoms with Crippen LogP contribution < -0.4 is 5.56 Å². The Kier molecular flexibility index (Phi) is 4.49. The topological polar surface area (TPSA) is 84.5 Å². The maximum absolute atomic E-state index is 12.8. The van der Waals surface area contributed by atoms with E-state index in [0.717, 1.165) is 5.56 Å². The largest absolute Gasteiger partial charge is 0.293 e. The molecule has 0 bridgehead atoms. The second kappa shape index (κ2) is 6.61. The molecule has 0 aliphatic carbocycles. The van der Waals surface area contributed by atoms with E-state index in [1.807, 2.05) is 0 Å². The molecule has 0 spiro atoms. The van der Waals surface area contributed by atoms with Crippen molar-refractivity contribution in [3.63, 3.8) is 0 Å². The van der Waals surface area contributed by atoms with Crippen molar-refractivity contribution in [3.8, 4) is 16.9 Å². The SMILES string of the molecule is [C-]#[N+]c1ccc(-c2c(C)[nH]n(-c3ccc([S@](C)(=O)=NC)cn3)c2=O)cc1. The van der Waals surface area contributed by atoms with Crippen molar-refractivity contribution in [2.45, 2.75) is 11.8 Å². The highest BCUT2D eigenvalue weighted by molar-refractivity contribution is 7.93. The van der Waals surface area contributed by atoms with Crippen LogP contribution in [0.3, 0.4) is 0 Å². The van der Waals surface area contributed by atoms with E-state index in [1.165, 1.54) is 17.9 Å². The number of hydrogen-bond acceptors (Lipinski definition) is 4. The molecule has 0 saturated heterocycles. The Morgan fingerprint density at radius 1 is 1.23 bits per heavy atom. The van der Waals surface area contributed by atoms with Gasteiger partial charge in [-0.25, -0.2) is 23.1 Å². The average molecular weight is 367 g/mol. The molecule has 2 heterocycles. The number of aromatic nitrogens is 3. The summed E-state index contributed by atoms with van der Waals surface area (Å²) in [5, 5.41) is 3.01. The van der Waals surface area contributed by atoms with Crippen LogP contribution in [0, 0.1) is 13.5 Å². The Bertz CT molecular complexity index is 1170. The lowest BCUT2D eigenvalue weighted by Crippen LogP contribution is -2.17. The van der Waals surface area contributed by atoms with Crippen LogP contribution in [-0.2, 0) is 9.73 Å². The summed E-state index contributed by atoms with van der Waals surface area (Å²) in [6.07, 6.45) is 3.01. The van der Waals surface area contributed by atoms with E-state index in [1.54, 1.807) is 49.6 Å². The molecule has 8 heteroatoms. The molecule has 7 nitrogen and oxygen atoms in total. The number of H-pyrrole nitrogens is 1. The molecule has 0 fully saturated rings.